The first-order valence-corrected chi connectivity index (χ1v) is 7.90. The molecule has 2 N–H and O–H groups in total. The Bertz CT molecular complexity index is 532. The molecule has 19 heavy (non-hydrogen) atoms. The van der Waals surface area contributed by atoms with Crippen LogP contribution < -0.4 is 10.0 Å². The van der Waals surface area contributed by atoms with E-state index in [0.717, 1.165) is 19.5 Å². The summed E-state index contributed by atoms with van der Waals surface area (Å²) in [5.41, 5.74) is 0. The van der Waals surface area contributed by atoms with E-state index in [2.05, 4.69) is 19.9 Å². The van der Waals surface area contributed by atoms with Crippen LogP contribution in [0.3, 0.4) is 0 Å². The van der Waals surface area contributed by atoms with Gasteiger partial charge in [-0.3, -0.25) is 0 Å². The van der Waals surface area contributed by atoms with Crippen LogP contribution in [0, 0.1) is 0 Å². The SMILES string of the molecule is CCNc1cc(S(=O)(=O)NC2CCN(C)C2)ccn1. The topological polar surface area (TPSA) is 74.3 Å². The third-order valence-electron chi connectivity index (χ3n) is 3.11. The Morgan fingerprint density at radius 2 is 2.32 bits per heavy atom. The van der Waals surface area contributed by atoms with Gasteiger partial charge in [-0.1, -0.05) is 0 Å². The van der Waals surface area contributed by atoms with E-state index >= 15 is 0 Å². The van der Waals surface area contributed by atoms with Crippen LogP contribution in [0.4, 0.5) is 5.82 Å². The van der Waals surface area contributed by atoms with Crippen LogP contribution in [0.5, 0.6) is 0 Å². The molecule has 1 fully saturated rings. The van der Waals surface area contributed by atoms with Gasteiger partial charge in [0.2, 0.25) is 10.0 Å². The average Bonchev–Trinajstić information content (AvgIpc) is 2.75. The zero-order chi connectivity index (χ0) is 13.9. The van der Waals surface area contributed by atoms with Crippen LogP contribution in [0.25, 0.3) is 0 Å². The molecule has 1 aliphatic rings. The monoisotopic (exact) mass is 284 g/mol. The van der Waals surface area contributed by atoms with Crippen molar-refractivity contribution < 1.29 is 8.42 Å². The molecule has 1 unspecified atom stereocenters. The Kier molecular flexibility index (Phi) is 4.38. The van der Waals surface area contributed by atoms with Crippen molar-refractivity contribution in [1.29, 1.82) is 0 Å². The van der Waals surface area contributed by atoms with Crippen molar-refractivity contribution in [3.8, 4) is 0 Å². The predicted molar refractivity (Wildman–Crippen MR) is 74.6 cm³/mol. The molecule has 2 rings (SSSR count). The number of nitrogens with one attached hydrogen (secondary N) is 2. The van der Waals surface area contributed by atoms with Gasteiger partial charge in [-0.2, -0.15) is 0 Å². The van der Waals surface area contributed by atoms with E-state index in [1.165, 1.54) is 12.3 Å². The number of sulfonamides is 1. The molecule has 1 aromatic rings. The van der Waals surface area contributed by atoms with Gasteiger partial charge in [-0.25, -0.2) is 18.1 Å². The molecule has 0 spiro atoms. The first kappa shape index (κ1) is 14.2. The lowest BCUT2D eigenvalue weighted by atomic mass is 10.3. The highest BCUT2D eigenvalue weighted by molar-refractivity contribution is 7.89. The molecule has 7 heteroatoms. The number of rotatable bonds is 5. The molecule has 0 bridgehead atoms. The Morgan fingerprint density at radius 1 is 1.53 bits per heavy atom. The van der Waals surface area contributed by atoms with E-state index in [0.29, 0.717) is 12.4 Å². The molecule has 1 atom stereocenters. The lowest BCUT2D eigenvalue weighted by Gasteiger charge is -2.13. The zero-order valence-electron chi connectivity index (χ0n) is 11.3. The minimum Gasteiger partial charge on any atom is -0.370 e. The molecule has 1 saturated heterocycles. The maximum atomic E-state index is 12.3. The molecular formula is C12H20N4O2S. The number of hydrogen-bond donors (Lipinski definition) is 2. The Labute approximate surface area is 114 Å². The molecule has 0 saturated carbocycles. The third-order valence-corrected chi connectivity index (χ3v) is 4.63. The predicted octanol–water partition coefficient (Wildman–Crippen LogP) is 0.496. The number of anilines is 1. The maximum Gasteiger partial charge on any atom is 0.241 e. The number of hydrogen-bond acceptors (Lipinski definition) is 5. The highest BCUT2D eigenvalue weighted by Crippen LogP contribution is 2.15. The summed E-state index contributed by atoms with van der Waals surface area (Å²) in [6.07, 6.45) is 2.36. The van der Waals surface area contributed by atoms with Crippen LogP contribution in [-0.4, -0.2) is 51.0 Å². The summed E-state index contributed by atoms with van der Waals surface area (Å²) in [5, 5.41) is 3.01. The summed E-state index contributed by atoms with van der Waals surface area (Å²) in [4.78, 5) is 6.45. The lowest BCUT2D eigenvalue weighted by Crippen LogP contribution is -2.36. The van der Waals surface area contributed by atoms with Crippen molar-refractivity contribution >= 4 is 15.8 Å². The highest BCUT2D eigenvalue weighted by atomic mass is 32.2. The molecule has 2 heterocycles. The van der Waals surface area contributed by atoms with Gasteiger partial charge in [-0.05, 0) is 33.0 Å². The van der Waals surface area contributed by atoms with Gasteiger partial charge < -0.3 is 10.2 Å². The fourth-order valence-corrected chi connectivity index (χ4v) is 3.45. The van der Waals surface area contributed by atoms with E-state index in [9.17, 15) is 8.42 Å². The minimum absolute atomic E-state index is 0.00857. The highest BCUT2D eigenvalue weighted by Gasteiger charge is 2.25. The molecule has 1 aliphatic heterocycles. The van der Waals surface area contributed by atoms with Crippen LogP contribution >= 0.6 is 0 Å². The molecule has 0 aliphatic carbocycles. The van der Waals surface area contributed by atoms with E-state index in [1.807, 2.05) is 14.0 Å². The maximum absolute atomic E-state index is 12.3. The molecule has 0 radical (unpaired) electrons. The van der Waals surface area contributed by atoms with Gasteiger partial charge in [0.05, 0.1) is 4.90 Å². The summed E-state index contributed by atoms with van der Waals surface area (Å²) in [5.74, 6) is 0.578. The number of likely N-dealkylation sites (tertiary alicyclic amines) is 1. The van der Waals surface area contributed by atoms with Gasteiger partial charge in [0, 0.05) is 31.4 Å². The van der Waals surface area contributed by atoms with Crippen molar-refractivity contribution in [2.75, 3.05) is 32.0 Å². The fourth-order valence-electron chi connectivity index (χ4n) is 2.17. The Hall–Kier alpha value is -1.18. The van der Waals surface area contributed by atoms with Crippen LogP contribution in [0.2, 0.25) is 0 Å². The fraction of sp³-hybridized carbons (Fsp3) is 0.583. The third kappa shape index (κ3) is 3.65. The average molecular weight is 284 g/mol. The molecule has 0 aromatic carbocycles. The summed E-state index contributed by atoms with van der Waals surface area (Å²) in [7, 11) is -1.47. The smallest absolute Gasteiger partial charge is 0.241 e. The Morgan fingerprint density at radius 3 is 2.95 bits per heavy atom. The second-order valence-electron chi connectivity index (χ2n) is 4.78. The lowest BCUT2D eigenvalue weighted by molar-refractivity contribution is 0.407. The largest absolute Gasteiger partial charge is 0.370 e. The summed E-state index contributed by atoms with van der Waals surface area (Å²) < 4.78 is 27.3. The normalized spacial score (nSPS) is 20.6. The van der Waals surface area contributed by atoms with Crippen molar-refractivity contribution in [3.63, 3.8) is 0 Å². The number of pyridine rings is 1. The number of likely N-dealkylation sites (N-methyl/N-ethyl adjacent to an activating group) is 1. The minimum atomic E-state index is -3.46. The summed E-state index contributed by atoms with van der Waals surface area (Å²) in [6.45, 7) is 4.32. The second-order valence-corrected chi connectivity index (χ2v) is 6.49. The molecule has 106 valence electrons. The van der Waals surface area contributed by atoms with Gasteiger partial charge in [0.1, 0.15) is 5.82 Å². The van der Waals surface area contributed by atoms with Gasteiger partial charge in [-0.15, -0.1) is 0 Å². The van der Waals surface area contributed by atoms with E-state index in [-0.39, 0.29) is 10.9 Å². The van der Waals surface area contributed by atoms with Gasteiger partial charge >= 0.3 is 0 Å². The van der Waals surface area contributed by atoms with Gasteiger partial charge in [0.25, 0.3) is 0 Å². The molecular weight excluding hydrogens is 264 g/mol. The number of aromatic nitrogens is 1. The van der Waals surface area contributed by atoms with Gasteiger partial charge in [0.15, 0.2) is 0 Å². The molecule has 0 amide bonds. The second kappa shape index (κ2) is 5.85. The Balaban J connectivity index is 2.12. The van der Waals surface area contributed by atoms with Crippen molar-refractivity contribution in [2.45, 2.75) is 24.3 Å². The first-order valence-electron chi connectivity index (χ1n) is 6.42. The van der Waals surface area contributed by atoms with Crippen molar-refractivity contribution in [3.05, 3.63) is 18.3 Å². The van der Waals surface area contributed by atoms with Crippen molar-refractivity contribution in [2.24, 2.45) is 0 Å². The van der Waals surface area contributed by atoms with Crippen LogP contribution in [-0.2, 0) is 10.0 Å². The zero-order valence-corrected chi connectivity index (χ0v) is 12.1. The van der Waals surface area contributed by atoms with E-state index in [4.69, 9.17) is 0 Å². The standard InChI is InChI=1S/C12H20N4O2S/c1-3-13-12-8-11(4-6-14-12)19(17,18)15-10-5-7-16(2)9-10/h4,6,8,10,15H,3,5,7,9H2,1-2H3,(H,13,14). The summed E-state index contributed by atoms with van der Waals surface area (Å²) >= 11 is 0. The first-order chi connectivity index (χ1) is 9.01. The van der Waals surface area contributed by atoms with Crippen LogP contribution in [0.15, 0.2) is 23.2 Å². The quantitative estimate of drug-likeness (QED) is 0.823. The molecule has 6 nitrogen and oxygen atoms in total. The van der Waals surface area contributed by atoms with Crippen molar-refractivity contribution in [1.82, 2.24) is 14.6 Å². The molecule has 1 aromatic heterocycles. The van der Waals surface area contributed by atoms with Crippen LogP contribution in [0.1, 0.15) is 13.3 Å². The number of nitrogens with zero attached hydrogens (tertiary/aromatic N) is 2. The van der Waals surface area contributed by atoms with E-state index < -0.39 is 10.0 Å². The van der Waals surface area contributed by atoms with E-state index in [1.54, 1.807) is 6.07 Å². The summed E-state index contributed by atoms with van der Waals surface area (Å²) in [6, 6.07) is 3.07.